The second kappa shape index (κ2) is 6.10. The first-order chi connectivity index (χ1) is 10.2. The highest BCUT2D eigenvalue weighted by Gasteiger charge is 2.09. The molecule has 0 fully saturated rings. The quantitative estimate of drug-likeness (QED) is 0.704. The number of benzene rings is 2. The largest absolute Gasteiger partial charge is 0.483 e. The third-order valence-electron chi connectivity index (χ3n) is 2.97. The maximum Gasteiger partial charge on any atom is 0.264 e. The third-order valence-corrected chi connectivity index (χ3v) is 3.62. The monoisotopic (exact) mass is 344 g/mol. The number of hydrogen-bond acceptors (Lipinski definition) is 4. The molecule has 0 spiro atoms. The minimum Gasteiger partial charge on any atom is -0.483 e. The summed E-state index contributed by atoms with van der Waals surface area (Å²) in [5.74, 6) is 1.76. The Morgan fingerprint density at radius 1 is 1.10 bits per heavy atom. The summed E-state index contributed by atoms with van der Waals surface area (Å²) in [5, 5.41) is 3.97. The summed E-state index contributed by atoms with van der Waals surface area (Å²) < 4.78 is 11.7. The van der Waals surface area contributed by atoms with Crippen molar-refractivity contribution in [2.24, 2.45) is 0 Å². The van der Waals surface area contributed by atoms with E-state index in [0.29, 0.717) is 11.7 Å². The lowest BCUT2D eigenvalue weighted by Gasteiger charge is -2.04. The predicted molar refractivity (Wildman–Crippen MR) is 82.9 cm³/mol. The fourth-order valence-electron chi connectivity index (χ4n) is 1.83. The van der Waals surface area contributed by atoms with Gasteiger partial charge >= 0.3 is 0 Å². The number of aromatic nitrogens is 2. The number of rotatable bonds is 4. The summed E-state index contributed by atoms with van der Waals surface area (Å²) in [6.07, 6.45) is 0. The molecule has 0 bridgehead atoms. The molecule has 0 amide bonds. The number of halogens is 1. The molecule has 21 heavy (non-hydrogen) atoms. The Hall–Kier alpha value is -2.14. The van der Waals surface area contributed by atoms with Crippen molar-refractivity contribution in [1.82, 2.24) is 10.1 Å². The van der Waals surface area contributed by atoms with Gasteiger partial charge in [0.25, 0.3) is 5.89 Å². The van der Waals surface area contributed by atoms with Gasteiger partial charge in [0.15, 0.2) is 6.61 Å². The first-order valence-corrected chi connectivity index (χ1v) is 7.28. The number of nitrogens with zero attached hydrogens (tertiary/aromatic N) is 2. The van der Waals surface area contributed by atoms with Crippen LogP contribution in [0.5, 0.6) is 5.75 Å². The molecule has 1 aromatic heterocycles. The Labute approximate surface area is 130 Å². The van der Waals surface area contributed by atoms with Crippen molar-refractivity contribution >= 4 is 15.9 Å². The van der Waals surface area contributed by atoms with E-state index in [4.69, 9.17) is 9.26 Å². The maximum absolute atomic E-state index is 5.65. The van der Waals surface area contributed by atoms with E-state index in [1.165, 1.54) is 5.56 Å². The first kappa shape index (κ1) is 13.8. The van der Waals surface area contributed by atoms with Crippen molar-refractivity contribution < 1.29 is 9.26 Å². The molecule has 106 valence electrons. The second-order valence-corrected chi connectivity index (χ2v) is 5.45. The van der Waals surface area contributed by atoms with Gasteiger partial charge in [0.2, 0.25) is 5.82 Å². The van der Waals surface area contributed by atoms with E-state index in [2.05, 4.69) is 26.1 Å². The fraction of sp³-hybridized carbons (Fsp3) is 0.125. The molecule has 0 radical (unpaired) electrons. The van der Waals surface area contributed by atoms with Crippen molar-refractivity contribution in [3.63, 3.8) is 0 Å². The highest BCUT2D eigenvalue weighted by atomic mass is 79.9. The van der Waals surface area contributed by atoms with Crippen LogP contribution >= 0.6 is 15.9 Å². The molecule has 0 aliphatic rings. The Morgan fingerprint density at radius 2 is 1.86 bits per heavy atom. The zero-order chi connectivity index (χ0) is 14.7. The lowest BCUT2D eigenvalue weighted by molar-refractivity contribution is 0.242. The predicted octanol–water partition coefficient (Wildman–Crippen LogP) is 4.39. The lowest BCUT2D eigenvalue weighted by atomic mass is 10.1. The van der Waals surface area contributed by atoms with E-state index in [0.717, 1.165) is 15.8 Å². The van der Waals surface area contributed by atoms with Gasteiger partial charge in [-0.1, -0.05) is 47.1 Å². The van der Waals surface area contributed by atoms with Crippen LogP contribution in [0, 0.1) is 6.92 Å². The van der Waals surface area contributed by atoms with Crippen LogP contribution in [0.3, 0.4) is 0 Å². The zero-order valence-electron chi connectivity index (χ0n) is 11.4. The molecule has 0 saturated heterocycles. The zero-order valence-corrected chi connectivity index (χ0v) is 13.0. The highest BCUT2D eigenvalue weighted by Crippen LogP contribution is 2.25. The first-order valence-electron chi connectivity index (χ1n) is 6.49. The minimum atomic E-state index is 0.238. The molecule has 2 aromatic carbocycles. The topological polar surface area (TPSA) is 48.2 Å². The molecule has 0 aliphatic heterocycles. The standard InChI is InChI=1S/C16H13BrN2O2/c1-11-6-8-12(9-7-11)16-18-15(21-19-16)10-20-14-5-3-2-4-13(14)17/h2-9H,10H2,1H3. The van der Waals surface area contributed by atoms with Gasteiger partial charge in [-0.05, 0) is 35.0 Å². The Balaban J connectivity index is 1.71. The number of aryl methyl sites for hydroxylation is 1. The normalized spacial score (nSPS) is 10.6. The summed E-state index contributed by atoms with van der Waals surface area (Å²) in [4.78, 5) is 4.34. The van der Waals surface area contributed by atoms with Crippen molar-refractivity contribution in [2.45, 2.75) is 13.5 Å². The van der Waals surface area contributed by atoms with Crippen molar-refractivity contribution in [1.29, 1.82) is 0 Å². The number of ether oxygens (including phenoxy) is 1. The van der Waals surface area contributed by atoms with Crippen LogP contribution in [0.2, 0.25) is 0 Å². The second-order valence-electron chi connectivity index (χ2n) is 4.60. The molecule has 0 aliphatic carbocycles. The molecule has 0 unspecified atom stereocenters. The van der Waals surface area contributed by atoms with Crippen molar-refractivity contribution in [2.75, 3.05) is 0 Å². The van der Waals surface area contributed by atoms with Crippen LogP contribution in [0.15, 0.2) is 57.5 Å². The van der Waals surface area contributed by atoms with Gasteiger partial charge in [-0.25, -0.2) is 0 Å². The molecular formula is C16H13BrN2O2. The molecule has 0 saturated carbocycles. The molecule has 0 atom stereocenters. The summed E-state index contributed by atoms with van der Waals surface area (Å²) in [5.41, 5.74) is 2.12. The van der Waals surface area contributed by atoms with Crippen LogP contribution in [0.4, 0.5) is 0 Å². The smallest absolute Gasteiger partial charge is 0.264 e. The minimum absolute atomic E-state index is 0.238. The van der Waals surface area contributed by atoms with Gasteiger partial charge in [-0.15, -0.1) is 0 Å². The van der Waals surface area contributed by atoms with Crippen LogP contribution in [0.1, 0.15) is 11.5 Å². The Kier molecular flexibility index (Phi) is 4.01. The summed E-state index contributed by atoms with van der Waals surface area (Å²) in [6, 6.07) is 15.6. The van der Waals surface area contributed by atoms with E-state index in [9.17, 15) is 0 Å². The average Bonchev–Trinajstić information content (AvgIpc) is 2.96. The van der Waals surface area contributed by atoms with Crippen LogP contribution in [-0.2, 0) is 6.61 Å². The summed E-state index contributed by atoms with van der Waals surface area (Å²) >= 11 is 3.43. The lowest BCUT2D eigenvalue weighted by Crippen LogP contribution is -1.96. The van der Waals surface area contributed by atoms with E-state index in [1.54, 1.807) is 0 Å². The average molecular weight is 345 g/mol. The van der Waals surface area contributed by atoms with E-state index in [1.807, 2.05) is 55.5 Å². The highest BCUT2D eigenvalue weighted by molar-refractivity contribution is 9.10. The van der Waals surface area contributed by atoms with Gasteiger partial charge in [0.1, 0.15) is 5.75 Å². The van der Waals surface area contributed by atoms with Crippen molar-refractivity contribution in [3.8, 4) is 17.1 Å². The number of hydrogen-bond donors (Lipinski definition) is 0. The van der Waals surface area contributed by atoms with Gasteiger partial charge in [-0.2, -0.15) is 4.98 Å². The van der Waals surface area contributed by atoms with E-state index < -0.39 is 0 Å². The molecule has 4 nitrogen and oxygen atoms in total. The van der Waals surface area contributed by atoms with Gasteiger partial charge in [-0.3, -0.25) is 0 Å². The van der Waals surface area contributed by atoms with Gasteiger partial charge in [0, 0.05) is 5.56 Å². The van der Waals surface area contributed by atoms with Crippen LogP contribution in [0.25, 0.3) is 11.4 Å². The molecule has 5 heteroatoms. The maximum atomic E-state index is 5.65. The molecule has 1 heterocycles. The Morgan fingerprint density at radius 3 is 2.62 bits per heavy atom. The Bertz CT molecular complexity index is 738. The molecular weight excluding hydrogens is 332 g/mol. The third kappa shape index (κ3) is 3.31. The van der Waals surface area contributed by atoms with E-state index >= 15 is 0 Å². The SMILES string of the molecule is Cc1ccc(-c2noc(COc3ccccc3Br)n2)cc1. The summed E-state index contributed by atoms with van der Waals surface area (Å²) in [6.45, 7) is 2.28. The van der Waals surface area contributed by atoms with Crippen molar-refractivity contribution in [3.05, 3.63) is 64.5 Å². The van der Waals surface area contributed by atoms with Gasteiger partial charge < -0.3 is 9.26 Å². The molecule has 3 aromatic rings. The van der Waals surface area contributed by atoms with Crippen LogP contribution < -0.4 is 4.74 Å². The van der Waals surface area contributed by atoms with Gasteiger partial charge in [0.05, 0.1) is 4.47 Å². The van der Waals surface area contributed by atoms with Crippen LogP contribution in [-0.4, -0.2) is 10.1 Å². The fourth-order valence-corrected chi connectivity index (χ4v) is 2.23. The molecule has 0 N–H and O–H groups in total. The summed E-state index contributed by atoms with van der Waals surface area (Å²) in [7, 11) is 0. The van der Waals surface area contributed by atoms with E-state index in [-0.39, 0.29) is 6.61 Å². The molecule has 3 rings (SSSR count). The number of para-hydroxylation sites is 1.